The minimum atomic E-state index is 0.546. The second kappa shape index (κ2) is 8.23. The number of aromatic nitrogens is 1. The molecule has 0 unspecified atom stereocenters. The molecule has 2 N–H and O–H groups in total. The van der Waals surface area contributed by atoms with Gasteiger partial charge in [-0.15, -0.1) is 0 Å². The molecule has 0 spiro atoms. The van der Waals surface area contributed by atoms with Crippen molar-refractivity contribution in [2.75, 3.05) is 64.1 Å². The zero-order valence-electron chi connectivity index (χ0n) is 16.0. The third-order valence-corrected chi connectivity index (χ3v) is 5.68. The molecule has 0 aliphatic carbocycles. The molecule has 6 heteroatoms. The summed E-state index contributed by atoms with van der Waals surface area (Å²) < 4.78 is 5.34. The molecule has 3 heterocycles. The molecule has 2 aliphatic heterocycles. The van der Waals surface area contributed by atoms with Crippen LogP contribution in [0.1, 0.15) is 31.7 Å². The van der Waals surface area contributed by atoms with Gasteiger partial charge in [0.25, 0.3) is 0 Å². The maximum Gasteiger partial charge on any atom is 0.238 e. The molecular formula is C19H33N5O. The van der Waals surface area contributed by atoms with Crippen LogP contribution >= 0.6 is 0 Å². The highest BCUT2D eigenvalue weighted by Gasteiger charge is 2.27. The van der Waals surface area contributed by atoms with Crippen molar-refractivity contribution in [2.24, 2.45) is 0 Å². The van der Waals surface area contributed by atoms with E-state index in [-0.39, 0.29) is 0 Å². The number of hydrogen-bond acceptors (Lipinski definition) is 6. The Morgan fingerprint density at radius 3 is 2.60 bits per heavy atom. The van der Waals surface area contributed by atoms with Crippen molar-refractivity contribution in [3.8, 4) is 5.88 Å². The normalized spacial score (nSPS) is 21.3. The molecule has 0 bridgehead atoms. The molecule has 25 heavy (non-hydrogen) atoms. The first kappa shape index (κ1) is 18.3. The van der Waals surface area contributed by atoms with Gasteiger partial charge in [-0.05, 0) is 57.5 Å². The largest absolute Gasteiger partial charge is 0.479 e. The van der Waals surface area contributed by atoms with Gasteiger partial charge in [-0.2, -0.15) is 4.98 Å². The van der Waals surface area contributed by atoms with Crippen LogP contribution in [0.15, 0.2) is 6.07 Å². The number of nitrogens with two attached hydrogens (primary N) is 1. The van der Waals surface area contributed by atoms with Gasteiger partial charge in [0.05, 0.1) is 12.8 Å². The molecule has 1 aromatic rings. The Kier molecular flexibility index (Phi) is 6.02. The lowest BCUT2D eigenvalue weighted by Crippen LogP contribution is -2.46. The van der Waals surface area contributed by atoms with Crippen LogP contribution in [0.2, 0.25) is 0 Å². The summed E-state index contributed by atoms with van der Waals surface area (Å²) >= 11 is 0. The molecule has 0 aromatic carbocycles. The van der Waals surface area contributed by atoms with E-state index in [9.17, 15) is 0 Å². The number of likely N-dealkylation sites (N-methyl/N-ethyl adjacent to an activating group) is 1. The fraction of sp³-hybridized carbons (Fsp3) is 0.737. The smallest absolute Gasteiger partial charge is 0.238 e. The molecule has 1 aromatic heterocycles. The molecule has 0 radical (unpaired) electrons. The average molecular weight is 348 g/mol. The summed E-state index contributed by atoms with van der Waals surface area (Å²) in [5, 5.41) is 0. The Morgan fingerprint density at radius 2 is 1.92 bits per heavy atom. The van der Waals surface area contributed by atoms with E-state index in [1.807, 2.05) is 6.07 Å². The summed E-state index contributed by atoms with van der Waals surface area (Å²) in [5.74, 6) is 1.60. The highest BCUT2D eigenvalue weighted by atomic mass is 16.5. The third kappa shape index (κ3) is 4.18. The molecule has 2 fully saturated rings. The van der Waals surface area contributed by atoms with Gasteiger partial charge in [0.2, 0.25) is 5.88 Å². The summed E-state index contributed by atoms with van der Waals surface area (Å²) in [6.07, 6.45) is 4.64. The quantitative estimate of drug-likeness (QED) is 0.897. The standard InChI is InChI=1S/C19H33N5O/c1-4-15-14-17(20)19(25-3)21-18(15)24-10-6-16(7-11-24)23-9-5-8-22(2)12-13-23/h14,16H,4-13,20H2,1-3H3. The second-order valence-electron chi connectivity index (χ2n) is 7.33. The van der Waals surface area contributed by atoms with E-state index in [0.717, 1.165) is 25.3 Å². The molecule has 3 rings (SSSR count). The summed E-state index contributed by atoms with van der Waals surface area (Å²) in [6.45, 7) is 9.14. The SMILES string of the molecule is CCc1cc(N)c(OC)nc1N1CCC(N2CCCN(C)CC2)CC1. The first-order valence-electron chi connectivity index (χ1n) is 9.63. The summed E-state index contributed by atoms with van der Waals surface area (Å²) in [4.78, 5) is 12.3. The van der Waals surface area contributed by atoms with E-state index in [2.05, 4.69) is 28.7 Å². The summed E-state index contributed by atoms with van der Waals surface area (Å²) in [7, 11) is 3.87. The van der Waals surface area contributed by atoms with Crippen molar-refractivity contribution >= 4 is 11.5 Å². The van der Waals surface area contributed by atoms with Gasteiger partial charge in [0, 0.05) is 32.2 Å². The number of ether oxygens (including phenoxy) is 1. The van der Waals surface area contributed by atoms with Gasteiger partial charge in [-0.25, -0.2) is 0 Å². The highest BCUT2D eigenvalue weighted by molar-refractivity contribution is 5.60. The second-order valence-corrected chi connectivity index (χ2v) is 7.33. The molecule has 6 nitrogen and oxygen atoms in total. The van der Waals surface area contributed by atoms with E-state index in [1.54, 1.807) is 7.11 Å². The zero-order valence-corrected chi connectivity index (χ0v) is 16.0. The molecule has 0 saturated carbocycles. The van der Waals surface area contributed by atoms with Crippen LogP contribution in [-0.4, -0.2) is 74.3 Å². The van der Waals surface area contributed by atoms with E-state index in [4.69, 9.17) is 15.5 Å². The van der Waals surface area contributed by atoms with Gasteiger partial charge < -0.3 is 20.3 Å². The Labute approximate surface area is 151 Å². The maximum absolute atomic E-state index is 6.03. The first-order chi connectivity index (χ1) is 12.1. The van der Waals surface area contributed by atoms with Gasteiger partial charge in [-0.3, -0.25) is 4.90 Å². The molecule has 140 valence electrons. The van der Waals surface area contributed by atoms with E-state index >= 15 is 0 Å². The summed E-state index contributed by atoms with van der Waals surface area (Å²) in [6, 6.07) is 2.74. The van der Waals surface area contributed by atoms with Crippen molar-refractivity contribution in [3.05, 3.63) is 11.6 Å². The molecule has 0 atom stereocenters. The lowest BCUT2D eigenvalue weighted by Gasteiger charge is -2.39. The number of aryl methyl sites for hydroxylation is 1. The molecular weight excluding hydrogens is 314 g/mol. The minimum Gasteiger partial charge on any atom is -0.479 e. The molecule has 2 saturated heterocycles. The van der Waals surface area contributed by atoms with Crippen molar-refractivity contribution in [1.82, 2.24) is 14.8 Å². The van der Waals surface area contributed by atoms with Crippen molar-refractivity contribution < 1.29 is 4.74 Å². The number of rotatable bonds is 4. The van der Waals surface area contributed by atoms with Gasteiger partial charge in [0.15, 0.2) is 0 Å². The Balaban J connectivity index is 1.66. The number of piperidine rings is 1. The van der Waals surface area contributed by atoms with Crippen molar-refractivity contribution in [1.29, 1.82) is 0 Å². The number of methoxy groups -OCH3 is 1. The van der Waals surface area contributed by atoms with Gasteiger partial charge in [-0.1, -0.05) is 6.92 Å². The van der Waals surface area contributed by atoms with Crippen LogP contribution in [0.5, 0.6) is 5.88 Å². The topological polar surface area (TPSA) is 57.9 Å². The lowest BCUT2D eigenvalue weighted by atomic mass is 10.0. The van der Waals surface area contributed by atoms with E-state index < -0.39 is 0 Å². The van der Waals surface area contributed by atoms with Crippen LogP contribution in [0.25, 0.3) is 0 Å². The fourth-order valence-electron chi connectivity index (χ4n) is 4.12. The predicted molar refractivity (Wildman–Crippen MR) is 104 cm³/mol. The van der Waals surface area contributed by atoms with Crippen LogP contribution in [0.3, 0.4) is 0 Å². The van der Waals surface area contributed by atoms with Crippen LogP contribution in [0, 0.1) is 0 Å². The summed E-state index contributed by atoms with van der Waals surface area (Å²) in [5.41, 5.74) is 7.88. The molecule has 2 aliphatic rings. The number of anilines is 2. The molecule has 0 amide bonds. The Bertz CT molecular complexity index is 571. The number of nitrogens with zero attached hydrogens (tertiary/aromatic N) is 4. The van der Waals surface area contributed by atoms with Crippen molar-refractivity contribution in [2.45, 2.75) is 38.6 Å². The minimum absolute atomic E-state index is 0.546. The zero-order chi connectivity index (χ0) is 17.8. The first-order valence-corrected chi connectivity index (χ1v) is 9.63. The third-order valence-electron chi connectivity index (χ3n) is 5.68. The van der Waals surface area contributed by atoms with E-state index in [1.165, 1.54) is 51.0 Å². The van der Waals surface area contributed by atoms with Crippen LogP contribution in [0.4, 0.5) is 11.5 Å². The van der Waals surface area contributed by atoms with Gasteiger partial charge in [0.1, 0.15) is 5.82 Å². The maximum atomic E-state index is 6.03. The van der Waals surface area contributed by atoms with Crippen LogP contribution < -0.4 is 15.4 Å². The van der Waals surface area contributed by atoms with E-state index in [0.29, 0.717) is 17.6 Å². The highest BCUT2D eigenvalue weighted by Crippen LogP contribution is 2.30. The monoisotopic (exact) mass is 347 g/mol. The Hall–Kier alpha value is -1.53. The Morgan fingerprint density at radius 1 is 1.16 bits per heavy atom. The van der Waals surface area contributed by atoms with Crippen molar-refractivity contribution in [3.63, 3.8) is 0 Å². The number of hydrogen-bond donors (Lipinski definition) is 1. The fourth-order valence-corrected chi connectivity index (χ4v) is 4.12. The van der Waals surface area contributed by atoms with Crippen LogP contribution in [-0.2, 0) is 6.42 Å². The lowest BCUT2D eigenvalue weighted by molar-refractivity contribution is 0.174. The predicted octanol–water partition coefficient (Wildman–Crippen LogP) is 1.84. The van der Waals surface area contributed by atoms with Gasteiger partial charge >= 0.3 is 0 Å². The average Bonchev–Trinajstić information content (AvgIpc) is 2.86. The number of pyridine rings is 1. The number of nitrogen functional groups attached to an aromatic ring is 1.